The fraction of sp³-hybridized carbons (Fsp3) is 0.923. The Labute approximate surface area is 103 Å². The molecular weight excluding hydrogens is 216 g/mol. The van der Waals surface area contributed by atoms with Crippen LogP contribution in [0.4, 0.5) is 0 Å². The molecule has 4 heteroatoms. The molecule has 2 atom stereocenters. The van der Waals surface area contributed by atoms with Crippen molar-refractivity contribution >= 4 is 5.91 Å². The van der Waals surface area contributed by atoms with E-state index < -0.39 is 0 Å². The average Bonchev–Trinajstić information content (AvgIpc) is 2.64. The molecule has 1 amide bonds. The number of aliphatic hydroxyl groups is 1. The maximum atomic E-state index is 12.6. The fourth-order valence-corrected chi connectivity index (χ4v) is 3.55. The minimum Gasteiger partial charge on any atom is -0.394 e. The number of nitrogens with two attached hydrogens (primary N) is 1. The molecule has 1 aliphatic carbocycles. The van der Waals surface area contributed by atoms with E-state index in [-0.39, 0.29) is 24.0 Å². The Balaban J connectivity index is 2.09. The molecule has 1 saturated heterocycles. The smallest absolute Gasteiger partial charge is 0.230 e. The highest BCUT2D eigenvalue weighted by Gasteiger charge is 2.51. The van der Waals surface area contributed by atoms with Crippen molar-refractivity contribution in [3.8, 4) is 0 Å². The SMILES string of the molecule is CC1CC(CN)(C(=O)N2CCC(C)C2CO)C1. The topological polar surface area (TPSA) is 66.6 Å². The van der Waals surface area contributed by atoms with Crippen molar-refractivity contribution in [2.75, 3.05) is 19.7 Å². The summed E-state index contributed by atoms with van der Waals surface area (Å²) < 4.78 is 0. The lowest BCUT2D eigenvalue weighted by molar-refractivity contribution is -0.151. The predicted octanol–water partition coefficient (Wildman–Crippen LogP) is 0.591. The second-order valence-corrected chi connectivity index (χ2v) is 6.01. The third kappa shape index (κ3) is 1.97. The summed E-state index contributed by atoms with van der Waals surface area (Å²) in [4.78, 5) is 14.5. The van der Waals surface area contributed by atoms with Crippen LogP contribution in [0.25, 0.3) is 0 Å². The van der Waals surface area contributed by atoms with E-state index in [1.165, 1.54) is 0 Å². The van der Waals surface area contributed by atoms with Crippen molar-refractivity contribution in [1.29, 1.82) is 0 Å². The van der Waals surface area contributed by atoms with Crippen LogP contribution >= 0.6 is 0 Å². The first-order valence-corrected chi connectivity index (χ1v) is 6.66. The van der Waals surface area contributed by atoms with Crippen LogP contribution in [0.1, 0.15) is 33.1 Å². The minimum atomic E-state index is -0.323. The van der Waals surface area contributed by atoms with E-state index >= 15 is 0 Å². The van der Waals surface area contributed by atoms with Gasteiger partial charge in [-0.25, -0.2) is 0 Å². The molecule has 4 nitrogen and oxygen atoms in total. The monoisotopic (exact) mass is 240 g/mol. The summed E-state index contributed by atoms with van der Waals surface area (Å²) in [7, 11) is 0. The van der Waals surface area contributed by atoms with Gasteiger partial charge in [-0.3, -0.25) is 4.79 Å². The molecule has 0 aromatic rings. The Hall–Kier alpha value is -0.610. The molecule has 0 radical (unpaired) electrons. The van der Waals surface area contributed by atoms with E-state index in [9.17, 15) is 9.90 Å². The maximum absolute atomic E-state index is 12.6. The number of nitrogens with zero attached hydrogens (tertiary/aromatic N) is 1. The van der Waals surface area contributed by atoms with Gasteiger partial charge in [-0.1, -0.05) is 13.8 Å². The van der Waals surface area contributed by atoms with E-state index in [0.717, 1.165) is 25.8 Å². The van der Waals surface area contributed by atoms with Gasteiger partial charge in [0.2, 0.25) is 5.91 Å². The first-order valence-electron chi connectivity index (χ1n) is 6.66. The predicted molar refractivity (Wildman–Crippen MR) is 66.3 cm³/mol. The van der Waals surface area contributed by atoms with Gasteiger partial charge in [0, 0.05) is 13.1 Å². The average molecular weight is 240 g/mol. The summed E-state index contributed by atoms with van der Waals surface area (Å²) in [6.45, 7) is 5.56. The van der Waals surface area contributed by atoms with Crippen molar-refractivity contribution in [3.05, 3.63) is 0 Å². The van der Waals surface area contributed by atoms with Crippen LogP contribution in [-0.2, 0) is 4.79 Å². The molecule has 2 fully saturated rings. The number of rotatable bonds is 3. The summed E-state index contributed by atoms with van der Waals surface area (Å²) in [6, 6.07) is 0.00170. The van der Waals surface area contributed by atoms with E-state index in [2.05, 4.69) is 13.8 Å². The highest BCUT2D eigenvalue weighted by atomic mass is 16.3. The van der Waals surface area contributed by atoms with Crippen LogP contribution < -0.4 is 5.73 Å². The molecule has 0 aromatic heterocycles. The first-order chi connectivity index (χ1) is 8.04. The molecule has 1 saturated carbocycles. The van der Waals surface area contributed by atoms with Crippen molar-refractivity contribution in [2.24, 2.45) is 23.0 Å². The second-order valence-electron chi connectivity index (χ2n) is 6.01. The maximum Gasteiger partial charge on any atom is 0.230 e. The Kier molecular flexibility index (Phi) is 3.46. The van der Waals surface area contributed by atoms with Gasteiger partial charge in [-0.2, -0.15) is 0 Å². The largest absolute Gasteiger partial charge is 0.394 e. The van der Waals surface area contributed by atoms with Crippen LogP contribution in [-0.4, -0.2) is 41.7 Å². The fourth-order valence-electron chi connectivity index (χ4n) is 3.55. The van der Waals surface area contributed by atoms with Crippen LogP contribution in [0.15, 0.2) is 0 Å². The van der Waals surface area contributed by atoms with Crippen molar-refractivity contribution in [3.63, 3.8) is 0 Å². The van der Waals surface area contributed by atoms with E-state index in [0.29, 0.717) is 18.4 Å². The molecule has 0 aromatic carbocycles. The number of hydrogen-bond acceptors (Lipinski definition) is 3. The first kappa shape index (κ1) is 12.8. The summed E-state index contributed by atoms with van der Waals surface area (Å²) >= 11 is 0. The molecule has 17 heavy (non-hydrogen) atoms. The minimum absolute atomic E-state index is 0.00170. The molecule has 0 bridgehead atoms. The molecule has 1 heterocycles. The van der Waals surface area contributed by atoms with Gasteiger partial charge in [0.05, 0.1) is 18.1 Å². The van der Waals surface area contributed by atoms with Crippen LogP contribution in [0.2, 0.25) is 0 Å². The van der Waals surface area contributed by atoms with Crippen molar-refractivity contribution < 1.29 is 9.90 Å². The third-order valence-electron chi connectivity index (χ3n) is 4.65. The number of carbonyl (C=O) groups excluding carboxylic acids is 1. The Morgan fingerprint density at radius 1 is 1.47 bits per heavy atom. The number of aliphatic hydroxyl groups excluding tert-OH is 1. The Morgan fingerprint density at radius 2 is 2.12 bits per heavy atom. The lowest BCUT2D eigenvalue weighted by atomic mass is 9.61. The summed E-state index contributed by atoms with van der Waals surface area (Å²) in [5.74, 6) is 1.19. The lowest BCUT2D eigenvalue weighted by Crippen LogP contribution is -2.56. The molecule has 0 spiro atoms. The van der Waals surface area contributed by atoms with Crippen molar-refractivity contribution in [1.82, 2.24) is 4.90 Å². The van der Waals surface area contributed by atoms with Gasteiger partial charge >= 0.3 is 0 Å². The van der Waals surface area contributed by atoms with Gasteiger partial charge in [0.15, 0.2) is 0 Å². The van der Waals surface area contributed by atoms with Crippen LogP contribution in [0.3, 0.4) is 0 Å². The van der Waals surface area contributed by atoms with Gasteiger partial charge in [-0.15, -0.1) is 0 Å². The number of amides is 1. The van der Waals surface area contributed by atoms with E-state index in [4.69, 9.17) is 5.73 Å². The standard InChI is InChI=1S/C13H24N2O2/c1-9-5-13(6-9,8-14)12(17)15-4-3-10(2)11(15)7-16/h9-11,16H,3-8,14H2,1-2H3. The van der Waals surface area contributed by atoms with Gasteiger partial charge in [-0.05, 0) is 31.1 Å². The number of hydrogen-bond donors (Lipinski definition) is 2. The van der Waals surface area contributed by atoms with Crippen LogP contribution in [0.5, 0.6) is 0 Å². The molecule has 1 aliphatic heterocycles. The highest BCUT2D eigenvalue weighted by Crippen LogP contribution is 2.47. The van der Waals surface area contributed by atoms with Gasteiger partial charge < -0.3 is 15.7 Å². The number of carbonyl (C=O) groups is 1. The van der Waals surface area contributed by atoms with E-state index in [1.807, 2.05) is 4.90 Å². The van der Waals surface area contributed by atoms with E-state index in [1.54, 1.807) is 0 Å². The molecular formula is C13H24N2O2. The summed E-state index contributed by atoms with van der Waals surface area (Å²) in [6.07, 6.45) is 2.81. The second kappa shape index (κ2) is 4.58. The molecule has 3 N–H and O–H groups in total. The zero-order chi connectivity index (χ0) is 12.6. The molecule has 2 unspecified atom stereocenters. The van der Waals surface area contributed by atoms with Crippen LogP contribution in [0, 0.1) is 17.3 Å². The zero-order valence-electron chi connectivity index (χ0n) is 10.9. The zero-order valence-corrected chi connectivity index (χ0v) is 10.9. The number of likely N-dealkylation sites (tertiary alicyclic amines) is 1. The third-order valence-corrected chi connectivity index (χ3v) is 4.65. The normalized spacial score (nSPS) is 41.4. The molecule has 2 rings (SSSR count). The van der Waals surface area contributed by atoms with Gasteiger partial charge in [0.1, 0.15) is 0 Å². The molecule has 98 valence electrons. The quantitative estimate of drug-likeness (QED) is 0.759. The Bertz CT molecular complexity index is 300. The van der Waals surface area contributed by atoms with Gasteiger partial charge in [0.25, 0.3) is 0 Å². The highest BCUT2D eigenvalue weighted by molar-refractivity contribution is 5.84. The van der Waals surface area contributed by atoms with Crippen molar-refractivity contribution in [2.45, 2.75) is 39.2 Å². The summed E-state index contributed by atoms with van der Waals surface area (Å²) in [5.41, 5.74) is 5.49. The molecule has 2 aliphatic rings. The summed E-state index contributed by atoms with van der Waals surface area (Å²) in [5, 5.41) is 9.41. The lowest BCUT2D eigenvalue weighted by Gasteiger charge is -2.47. The Morgan fingerprint density at radius 3 is 2.59 bits per heavy atom.